The Hall–Kier alpha value is -1.58. The number of nitrogens with zero attached hydrogens (tertiary/aromatic N) is 2. The van der Waals surface area contributed by atoms with E-state index in [0.29, 0.717) is 13.0 Å². The van der Waals surface area contributed by atoms with Crippen molar-refractivity contribution < 1.29 is 4.79 Å². The van der Waals surface area contributed by atoms with Gasteiger partial charge < -0.3 is 15.5 Å². The van der Waals surface area contributed by atoms with Crippen molar-refractivity contribution in [2.24, 2.45) is 0 Å². The first-order chi connectivity index (χ1) is 9.62. The van der Waals surface area contributed by atoms with Crippen molar-refractivity contribution in [3.8, 4) is 6.07 Å². The number of carbonyl (C=O) groups is 1. The van der Waals surface area contributed by atoms with Gasteiger partial charge in [0.1, 0.15) is 6.04 Å². The van der Waals surface area contributed by atoms with Crippen LogP contribution in [0.5, 0.6) is 0 Å². The van der Waals surface area contributed by atoms with E-state index in [1.54, 1.807) is 7.05 Å². The third-order valence-electron chi connectivity index (χ3n) is 3.45. The molecule has 6 heteroatoms. The third-order valence-corrected chi connectivity index (χ3v) is 4.09. The Morgan fingerprint density at radius 2 is 2.30 bits per heavy atom. The molecule has 1 aliphatic heterocycles. The second kappa shape index (κ2) is 6.25. The molecule has 0 aliphatic carbocycles. The van der Waals surface area contributed by atoms with Gasteiger partial charge in [0.25, 0.3) is 0 Å². The average molecular weight is 337 g/mol. The summed E-state index contributed by atoms with van der Waals surface area (Å²) in [6.45, 7) is 3.53. The molecule has 5 nitrogen and oxygen atoms in total. The lowest BCUT2D eigenvalue weighted by Gasteiger charge is -2.24. The van der Waals surface area contributed by atoms with E-state index in [1.807, 2.05) is 19.1 Å². The average Bonchev–Trinajstić information content (AvgIpc) is 2.74. The summed E-state index contributed by atoms with van der Waals surface area (Å²) in [4.78, 5) is 14.0. The Morgan fingerprint density at radius 1 is 1.55 bits per heavy atom. The van der Waals surface area contributed by atoms with Gasteiger partial charge in [-0.25, -0.2) is 0 Å². The van der Waals surface area contributed by atoms with E-state index in [4.69, 9.17) is 5.26 Å². The molecule has 0 radical (unpaired) electrons. The number of likely N-dealkylation sites (N-methyl/N-ethyl adjacent to an activating group) is 1. The fourth-order valence-corrected chi connectivity index (χ4v) is 3.05. The van der Waals surface area contributed by atoms with E-state index in [9.17, 15) is 4.79 Å². The molecule has 0 fully saturated rings. The predicted octanol–water partition coefficient (Wildman–Crippen LogP) is 2.40. The monoisotopic (exact) mass is 336 g/mol. The van der Waals surface area contributed by atoms with E-state index in [-0.39, 0.29) is 11.9 Å². The first-order valence-corrected chi connectivity index (χ1v) is 7.35. The predicted molar refractivity (Wildman–Crippen MR) is 82.7 cm³/mol. The molecule has 1 heterocycles. The molecule has 106 valence electrons. The maximum absolute atomic E-state index is 11.9. The first-order valence-electron chi connectivity index (χ1n) is 6.55. The van der Waals surface area contributed by atoms with Crippen LogP contribution in [0, 0.1) is 11.3 Å². The number of hydrogen-bond donors (Lipinski definition) is 2. The summed E-state index contributed by atoms with van der Waals surface area (Å²) in [7, 11) is 1.77. The van der Waals surface area contributed by atoms with Crippen molar-refractivity contribution in [2.75, 3.05) is 30.4 Å². The van der Waals surface area contributed by atoms with Gasteiger partial charge in [0.15, 0.2) is 0 Å². The number of halogens is 1. The smallest absolute Gasteiger partial charge is 0.246 e. The molecule has 1 atom stereocenters. The molecule has 1 aromatic rings. The van der Waals surface area contributed by atoms with Crippen LogP contribution in [0.3, 0.4) is 0 Å². The van der Waals surface area contributed by atoms with Crippen LogP contribution in [0.2, 0.25) is 0 Å². The minimum absolute atomic E-state index is 0.0355. The Balaban J connectivity index is 2.36. The Kier molecular flexibility index (Phi) is 4.63. The molecule has 20 heavy (non-hydrogen) atoms. The number of benzene rings is 1. The Bertz CT molecular complexity index is 567. The molecule has 0 aromatic heterocycles. The van der Waals surface area contributed by atoms with Crippen LogP contribution in [0.4, 0.5) is 11.4 Å². The van der Waals surface area contributed by atoms with Crippen molar-refractivity contribution in [2.45, 2.75) is 19.4 Å². The highest BCUT2D eigenvalue weighted by Crippen LogP contribution is 2.38. The van der Waals surface area contributed by atoms with Crippen molar-refractivity contribution in [1.29, 1.82) is 5.26 Å². The summed E-state index contributed by atoms with van der Waals surface area (Å²) in [5.41, 5.74) is 2.78. The molecule has 0 saturated carbocycles. The summed E-state index contributed by atoms with van der Waals surface area (Å²) in [6.07, 6.45) is 0.475. The third kappa shape index (κ3) is 2.65. The number of anilines is 2. The zero-order valence-corrected chi connectivity index (χ0v) is 13.1. The van der Waals surface area contributed by atoms with Crippen molar-refractivity contribution >= 4 is 33.2 Å². The number of carbonyl (C=O) groups excluding carboxylic acids is 1. The van der Waals surface area contributed by atoms with Crippen LogP contribution in [0.1, 0.15) is 24.9 Å². The number of nitriles is 1. The van der Waals surface area contributed by atoms with Crippen LogP contribution in [0.15, 0.2) is 16.6 Å². The second-order valence-corrected chi connectivity index (χ2v) is 5.44. The van der Waals surface area contributed by atoms with E-state index >= 15 is 0 Å². The summed E-state index contributed by atoms with van der Waals surface area (Å²) in [5, 5.41) is 14.6. The molecule has 0 spiro atoms. The fraction of sp³-hybridized carbons (Fsp3) is 0.429. The summed E-state index contributed by atoms with van der Waals surface area (Å²) >= 11 is 3.57. The molecular formula is C14H17BrN4O. The normalized spacial score (nSPS) is 16.5. The number of nitrogens with one attached hydrogen (secondary N) is 2. The maximum atomic E-state index is 11.9. The molecule has 1 aromatic carbocycles. The molecule has 2 N–H and O–H groups in total. The van der Waals surface area contributed by atoms with Crippen LogP contribution < -0.4 is 15.5 Å². The van der Waals surface area contributed by atoms with Gasteiger partial charge in [-0.2, -0.15) is 5.26 Å². The zero-order chi connectivity index (χ0) is 14.7. The van der Waals surface area contributed by atoms with E-state index in [2.05, 4.69) is 37.5 Å². The summed E-state index contributed by atoms with van der Waals surface area (Å²) in [6, 6.07) is 5.80. The van der Waals surface area contributed by atoms with Gasteiger partial charge in [0.2, 0.25) is 5.91 Å². The highest BCUT2D eigenvalue weighted by Gasteiger charge is 2.30. The quantitative estimate of drug-likeness (QED) is 0.866. The van der Waals surface area contributed by atoms with E-state index in [1.165, 1.54) is 0 Å². The SMILES string of the molecule is CCN(CCC#N)c1cc2c(cc1Br)C(NC)C(=O)N2. The van der Waals surface area contributed by atoms with Gasteiger partial charge >= 0.3 is 0 Å². The molecule has 0 bridgehead atoms. The van der Waals surface area contributed by atoms with Gasteiger partial charge in [0.05, 0.1) is 18.2 Å². The topological polar surface area (TPSA) is 68.2 Å². The number of hydrogen-bond acceptors (Lipinski definition) is 4. The van der Waals surface area contributed by atoms with Crippen molar-refractivity contribution in [1.82, 2.24) is 5.32 Å². The molecule has 1 unspecified atom stereocenters. The second-order valence-electron chi connectivity index (χ2n) is 4.59. The van der Waals surface area contributed by atoms with Crippen LogP contribution in [-0.4, -0.2) is 26.0 Å². The molecule has 1 aliphatic rings. The standard InChI is InChI=1S/C14H17BrN4O/c1-3-19(6-4-5-16)12-8-11-9(7-10(12)15)13(17-2)14(20)18-11/h7-8,13,17H,3-4,6H2,1-2H3,(H,18,20). The number of fused-ring (bicyclic) bond motifs is 1. The summed E-state index contributed by atoms with van der Waals surface area (Å²) in [5.74, 6) is -0.0355. The Morgan fingerprint density at radius 3 is 2.90 bits per heavy atom. The van der Waals surface area contributed by atoms with Crippen LogP contribution in [-0.2, 0) is 4.79 Å². The lowest BCUT2D eigenvalue weighted by Crippen LogP contribution is -2.24. The minimum atomic E-state index is -0.301. The molecule has 0 saturated heterocycles. The van der Waals surface area contributed by atoms with Crippen LogP contribution >= 0.6 is 15.9 Å². The van der Waals surface area contributed by atoms with Gasteiger partial charge in [-0.05, 0) is 42.0 Å². The van der Waals surface area contributed by atoms with Gasteiger partial charge in [-0.3, -0.25) is 4.79 Å². The summed E-state index contributed by atoms with van der Waals surface area (Å²) < 4.78 is 0.938. The highest BCUT2D eigenvalue weighted by atomic mass is 79.9. The van der Waals surface area contributed by atoms with Gasteiger partial charge in [0, 0.05) is 28.8 Å². The minimum Gasteiger partial charge on any atom is -0.370 e. The van der Waals surface area contributed by atoms with E-state index in [0.717, 1.165) is 28.0 Å². The Labute approximate surface area is 127 Å². The zero-order valence-electron chi connectivity index (χ0n) is 11.5. The van der Waals surface area contributed by atoms with Crippen LogP contribution in [0.25, 0.3) is 0 Å². The molecule has 2 rings (SSSR count). The maximum Gasteiger partial charge on any atom is 0.246 e. The largest absolute Gasteiger partial charge is 0.370 e. The van der Waals surface area contributed by atoms with Gasteiger partial charge in [-0.15, -0.1) is 0 Å². The number of amides is 1. The molecular weight excluding hydrogens is 320 g/mol. The molecule has 1 amide bonds. The lowest BCUT2D eigenvalue weighted by molar-refractivity contribution is -0.117. The van der Waals surface area contributed by atoms with Crippen molar-refractivity contribution in [3.05, 3.63) is 22.2 Å². The lowest BCUT2D eigenvalue weighted by atomic mass is 10.1. The van der Waals surface area contributed by atoms with E-state index < -0.39 is 0 Å². The van der Waals surface area contributed by atoms with Crippen molar-refractivity contribution in [3.63, 3.8) is 0 Å². The van der Waals surface area contributed by atoms with Gasteiger partial charge in [-0.1, -0.05) is 0 Å². The number of rotatable bonds is 5. The first kappa shape index (κ1) is 14.8. The highest BCUT2D eigenvalue weighted by molar-refractivity contribution is 9.10. The fourth-order valence-electron chi connectivity index (χ4n) is 2.43.